The lowest BCUT2D eigenvalue weighted by Gasteiger charge is -2.45. The van der Waals surface area contributed by atoms with Crippen LogP contribution in [0.5, 0.6) is 0 Å². The summed E-state index contributed by atoms with van der Waals surface area (Å²) in [5, 5.41) is 0.459. The van der Waals surface area contributed by atoms with Crippen molar-refractivity contribution in [2.45, 2.75) is 44.1 Å². The molecule has 3 aliphatic carbocycles. The van der Waals surface area contributed by atoms with Crippen LogP contribution < -0.4 is 10.9 Å². The van der Waals surface area contributed by atoms with Crippen LogP contribution in [-0.4, -0.2) is 47.1 Å². The molecule has 0 unspecified atom stereocenters. The minimum Gasteiger partial charge on any atom is -0.454 e. The van der Waals surface area contributed by atoms with Crippen molar-refractivity contribution >= 4 is 41.2 Å². The molecule has 2 N–H and O–H groups in total. The number of likely N-dealkylation sites (tertiary alicyclic amines) is 1. The van der Waals surface area contributed by atoms with Crippen molar-refractivity contribution in [1.29, 1.82) is 0 Å². The normalized spacial score (nSPS) is 21.9. The number of esters is 1. The lowest BCUT2D eigenvalue weighted by atomic mass is 9.55. The molecule has 1 heterocycles. The van der Waals surface area contributed by atoms with Crippen molar-refractivity contribution in [2.75, 3.05) is 6.61 Å². The maximum atomic E-state index is 14.1. The van der Waals surface area contributed by atoms with Gasteiger partial charge in [0.25, 0.3) is 11.8 Å². The molecule has 3 aromatic carbocycles. The van der Waals surface area contributed by atoms with Gasteiger partial charge in [-0.1, -0.05) is 79.9 Å². The van der Waals surface area contributed by atoms with Gasteiger partial charge in [0.15, 0.2) is 6.61 Å². The Morgan fingerprint density at radius 3 is 1.81 bits per heavy atom. The molecule has 2 bridgehead atoms. The Kier molecular flexibility index (Phi) is 7.75. The average Bonchev–Trinajstić information content (AvgIpc) is 3.29. The lowest BCUT2D eigenvalue weighted by molar-refractivity contribution is -0.161. The monoisotopic (exact) mass is 599 g/mol. The average molecular weight is 600 g/mol. The molecule has 9 nitrogen and oxygen atoms in total. The van der Waals surface area contributed by atoms with E-state index in [9.17, 15) is 24.0 Å². The van der Waals surface area contributed by atoms with Gasteiger partial charge in [0, 0.05) is 22.4 Å². The van der Waals surface area contributed by atoms with E-state index in [4.69, 9.17) is 16.3 Å². The van der Waals surface area contributed by atoms with Gasteiger partial charge in [-0.05, 0) is 52.9 Å². The maximum Gasteiger partial charge on any atom is 0.329 e. The van der Waals surface area contributed by atoms with E-state index in [1.165, 1.54) is 24.3 Å². The summed E-state index contributed by atoms with van der Waals surface area (Å²) in [5.74, 6) is -4.78. The number of nitrogens with one attached hydrogen (secondary N) is 2. The molecular formula is C33H30ClN3O6. The number of halogens is 1. The minimum absolute atomic E-state index is 0.219. The molecule has 7 rings (SSSR count). The first-order valence-corrected chi connectivity index (χ1v) is 14.8. The zero-order chi connectivity index (χ0) is 30.2. The van der Waals surface area contributed by atoms with Gasteiger partial charge in [-0.2, -0.15) is 0 Å². The highest BCUT2D eigenvalue weighted by atomic mass is 35.5. The third-order valence-electron chi connectivity index (χ3n) is 8.66. The molecule has 1 aliphatic heterocycles. The van der Waals surface area contributed by atoms with E-state index in [1.54, 1.807) is 0 Å². The van der Waals surface area contributed by atoms with E-state index in [0.717, 1.165) is 33.6 Å². The number of unbranched alkanes of at least 4 members (excludes halogenated alkanes) is 1. The summed E-state index contributed by atoms with van der Waals surface area (Å²) in [7, 11) is 0. The molecular weight excluding hydrogens is 570 g/mol. The number of hydrogen-bond acceptors (Lipinski definition) is 6. The highest BCUT2D eigenvalue weighted by Gasteiger charge is 2.63. The summed E-state index contributed by atoms with van der Waals surface area (Å²) in [6.45, 7) is 1.24. The van der Waals surface area contributed by atoms with Gasteiger partial charge in [-0.3, -0.25) is 34.9 Å². The summed E-state index contributed by atoms with van der Waals surface area (Å²) in [6, 6.07) is 20.8. The number of benzene rings is 3. The minimum atomic E-state index is -1.16. The summed E-state index contributed by atoms with van der Waals surface area (Å²) in [4.78, 5) is 67.4. The predicted molar refractivity (Wildman–Crippen MR) is 157 cm³/mol. The molecule has 1 saturated heterocycles. The third kappa shape index (κ3) is 4.97. The highest BCUT2D eigenvalue weighted by molar-refractivity contribution is 6.30. The van der Waals surface area contributed by atoms with Crippen LogP contribution in [0.25, 0.3) is 0 Å². The number of rotatable bonds is 8. The van der Waals surface area contributed by atoms with Crippen molar-refractivity contribution in [2.24, 2.45) is 11.8 Å². The second-order valence-electron chi connectivity index (χ2n) is 11.1. The van der Waals surface area contributed by atoms with Crippen LogP contribution >= 0.6 is 11.6 Å². The summed E-state index contributed by atoms with van der Waals surface area (Å²) in [5.41, 5.74) is 8.89. The Hall–Kier alpha value is -4.50. The molecule has 0 spiro atoms. The molecule has 10 heteroatoms. The molecule has 43 heavy (non-hydrogen) atoms. The Morgan fingerprint density at radius 1 is 0.814 bits per heavy atom. The molecule has 0 radical (unpaired) electrons. The second kappa shape index (κ2) is 11.6. The van der Waals surface area contributed by atoms with E-state index >= 15 is 0 Å². The molecule has 3 aromatic rings. The van der Waals surface area contributed by atoms with E-state index < -0.39 is 42.3 Å². The molecule has 220 valence electrons. The van der Waals surface area contributed by atoms with Gasteiger partial charge in [0.1, 0.15) is 6.04 Å². The van der Waals surface area contributed by atoms with E-state index in [2.05, 4.69) is 10.9 Å². The van der Waals surface area contributed by atoms with Crippen molar-refractivity contribution in [1.82, 2.24) is 15.8 Å². The first-order valence-electron chi connectivity index (χ1n) is 14.4. The number of hydrogen-bond donors (Lipinski definition) is 2. The van der Waals surface area contributed by atoms with E-state index in [-0.39, 0.29) is 35.6 Å². The van der Waals surface area contributed by atoms with Crippen LogP contribution in [0.2, 0.25) is 5.02 Å². The fourth-order valence-corrected chi connectivity index (χ4v) is 6.95. The van der Waals surface area contributed by atoms with Crippen molar-refractivity contribution in [3.8, 4) is 0 Å². The number of amides is 4. The Labute approximate surface area is 253 Å². The fraction of sp³-hybridized carbons (Fsp3) is 0.303. The fourth-order valence-electron chi connectivity index (χ4n) is 6.83. The quantitative estimate of drug-likeness (QED) is 0.228. The second-order valence-corrected chi connectivity index (χ2v) is 11.5. The zero-order valence-electron chi connectivity index (χ0n) is 23.4. The predicted octanol–water partition coefficient (Wildman–Crippen LogP) is 4.10. The molecule has 3 atom stereocenters. The van der Waals surface area contributed by atoms with Gasteiger partial charge in [-0.15, -0.1) is 0 Å². The molecule has 4 aliphatic rings. The third-order valence-corrected chi connectivity index (χ3v) is 8.92. The largest absolute Gasteiger partial charge is 0.454 e. The Balaban J connectivity index is 1.19. The van der Waals surface area contributed by atoms with Crippen LogP contribution in [-0.2, 0) is 23.9 Å². The topological polar surface area (TPSA) is 122 Å². The maximum absolute atomic E-state index is 14.1. The summed E-state index contributed by atoms with van der Waals surface area (Å²) < 4.78 is 5.31. The number of imide groups is 1. The van der Waals surface area contributed by atoms with Crippen LogP contribution in [0.3, 0.4) is 0 Å². The number of nitrogens with zero attached hydrogens (tertiary/aromatic N) is 1. The first-order chi connectivity index (χ1) is 20.8. The number of ether oxygens (including phenoxy) is 1. The molecule has 1 fully saturated rings. The Morgan fingerprint density at radius 2 is 1.33 bits per heavy atom. The summed E-state index contributed by atoms with van der Waals surface area (Å²) in [6.07, 6.45) is 1.52. The molecule has 0 aromatic heterocycles. The SMILES string of the molecule is CCCC[C@H](C(=O)OCC(=O)NNC(=O)c1ccc(Cl)cc1)N1C(=O)[C@@H]2C3c4ccccc4C(c4ccccc43)[C@H]2C1=O. The number of carbonyl (C=O) groups excluding carboxylic acids is 5. The smallest absolute Gasteiger partial charge is 0.329 e. The van der Waals surface area contributed by atoms with E-state index in [1.807, 2.05) is 55.5 Å². The molecule has 4 amide bonds. The lowest BCUT2D eigenvalue weighted by Crippen LogP contribution is -2.48. The van der Waals surface area contributed by atoms with Gasteiger partial charge in [-0.25, -0.2) is 4.79 Å². The van der Waals surface area contributed by atoms with Gasteiger partial charge >= 0.3 is 5.97 Å². The van der Waals surface area contributed by atoms with Gasteiger partial charge in [0.05, 0.1) is 11.8 Å². The molecule has 0 saturated carbocycles. The van der Waals surface area contributed by atoms with Crippen LogP contribution in [0, 0.1) is 11.8 Å². The zero-order valence-corrected chi connectivity index (χ0v) is 24.2. The van der Waals surface area contributed by atoms with Gasteiger partial charge in [0.2, 0.25) is 11.8 Å². The van der Waals surface area contributed by atoms with E-state index in [0.29, 0.717) is 11.4 Å². The Bertz CT molecular complexity index is 1510. The first kappa shape index (κ1) is 28.6. The summed E-state index contributed by atoms with van der Waals surface area (Å²) >= 11 is 5.84. The highest BCUT2D eigenvalue weighted by Crippen LogP contribution is 2.61. The van der Waals surface area contributed by atoms with Crippen LogP contribution in [0.4, 0.5) is 0 Å². The van der Waals surface area contributed by atoms with Gasteiger partial charge < -0.3 is 4.74 Å². The number of carbonyl (C=O) groups is 5. The van der Waals surface area contributed by atoms with Crippen LogP contribution in [0.15, 0.2) is 72.8 Å². The van der Waals surface area contributed by atoms with Crippen LogP contribution in [0.1, 0.15) is 70.6 Å². The standard InChI is InChI=1S/C33H30ClN3O6/c1-2-3-12-24(33(42)43-17-25(38)35-36-30(39)18-13-15-19(34)16-14-18)37-31(40)28-26-20-8-4-5-9-21(20)27(29(28)32(37)41)23-11-7-6-10-22(23)26/h4-11,13-16,24,26-29H,2-3,12,17H2,1H3,(H,35,38)(H,36,39)/t24-,26?,27?,28-,29-/m1/s1. The van der Waals surface area contributed by atoms with Crippen molar-refractivity contribution in [3.63, 3.8) is 0 Å². The number of hydrazine groups is 1. The van der Waals surface area contributed by atoms with Crippen molar-refractivity contribution in [3.05, 3.63) is 106 Å². The van der Waals surface area contributed by atoms with Crippen molar-refractivity contribution < 1.29 is 28.7 Å².